The molecule has 0 amide bonds. The molecule has 0 aliphatic carbocycles. The molecule has 1 aromatic rings. The first-order chi connectivity index (χ1) is 8.67. The fourth-order valence-electron chi connectivity index (χ4n) is 1.66. The van der Waals surface area contributed by atoms with Crippen molar-refractivity contribution in [3.8, 4) is 11.5 Å². The Morgan fingerprint density at radius 2 is 1.94 bits per heavy atom. The summed E-state index contributed by atoms with van der Waals surface area (Å²) in [6.45, 7) is 8.62. The van der Waals surface area contributed by atoms with E-state index in [2.05, 4.69) is 25.2 Å². The van der Waals surface area contributed by atoms with E-state index in [0.717, 1.165) is 31.1 Å². The van der Waals surface area contributed by atoms with Gasteiger partial charge >= 0.3 is 0 Å². The number of ether oxygens (including phenoxy) is 2. The minimum absolute atomic E-state index is 0.656. The molecule has 1 rings (SSSR count). The highest BCUT2D eigenvalue weighted by Gasteiger charge is 2.06. The van der Waals surface area contributed by atoms with Crippen molar-refractivity contribution < 1.29 is 9.47 Å². The van der Waals surface area contributed by atoms with Gasteiger partial charge in [0.2, 0.25) is 0 Å². The number of rotatable bonds is 8. The van der Waals surface area contributed by atoms with Crippen LogP contribution in [0, 0.1) is 5.92 Å². The minimum atomic E-state index is 0.656. The van der Waals surface area contributed by atoms with Gasteiger partial charge < -0.3 is 14.8 Å². The molecule has 3 nitrogen and oxygen atoms in total. The lowest BCUT2D eigenvalue weighted by Crippen LogP contribution is -2.07. The summed E-state index contributed by atoms with van der Waals surface area (Å²) in [5.74, 6) is 2.34. The lowest BCUT2D eigenvalue weighted by Gasteiger charge is -2.14. The molecule has 0 spiro atoms. The van der Waals surface area contributed by atoms with Crippen LogP contribution in [-0.2, 0) is 6.54 Å². The van der Waals surface area contributed by atoms with E-state index in [4.69, 9.17) is 9.47 Å². The average Bonchev–Trinajstić information content (AvgIpc) is 2.32. The van der Waals surface area contributed by atoms with E-state index < -0.39 is 0 Å². The summed E-state index contributed by atoms with van der Waals surface area (Å²) in [6, 6.07) is 6.12. The van der Waals surface area contributed by atoms with Gasteiger partial charge in [0, 0.05) is 6.54 Å². The molecular formula is C15H25NO2. The number of nitrogens with one attached hydrogen (secondary N) is 1. The third kappa shape index (κ3) is 4.96. The molecule has 0 bridgehead atoms. The van der Waals surface area contributed by atoms with Crippen molar-refractivity contribution >= 4 is 0 Å². The average molecular weight is 251 g/mol. The van der Waals surface area contributed by atoms with Gasteiger partial charge in [0.15, 0.2) is 11.5 Å². The molecule has 18 heavy (non-hydrogen) atoms. The quantitative estimate of drug-likeness (QED) is 0.769. The zero-order valence-corrected chi connectivity index (χ0v) is 12.0. The summed E-state index contributed by atoms with van der Waals surface area (Å²) in [7, 11) is 1.94. The lowest BCUT2D eigenvalue weighted by molar-refractivity contribution is 0.261. The SMILES string of the molecule is CCOc1cc(CNC)ccc1OCCC(C)C. The second-order valence-electron chi connectivity index (χ2n) is 4.78. The monoisotopic (exact) mass is 251 g/mol. The van der Waals surface area contributed by atoms with E-state index in [9.17, 15) is 0 Å². The summed E-state index contributed by atoms with van der Waals surface area (Å²) in [5, 5.41) is 3.13. The molecule has 102 valence electrons. The van der Waals surface area contributed by atoms with Gasteiger partial charge in [0.1, 0.15) is 0 Å². The Labute approximate surface area is 110 Å². The van der Waals surface area contributed by atoms with Gasteiger partial charge in [-0.05, 0) is 44.0 Å². The minimum Gasteiger partial charge on any atom is -0.490 e. The van der Waals surface area contributed by atoms with Crippen LogP contribution in [0.25, 0.3) is 0 Å². The molecule has 0 atom stereocenters. The Balaban J connectivity index is 2.69. The van der Waals surface area contributed by atoms with Crippen LogP contribution in [0.3, 0.4) is 0 Å². The highest BCUT2D eigenvalue weighted by molar-refractivity contribution is 5.43. The Kier molecular flexibility index (Phi) is 6.58. The van der Waals surface area contributed by atoms with Crippen molar-refractivity contribution in [2.45, 2.75) is 33.7 Å². The van der Waals surface area contributed by atoms with Crippen molar-refractivity contribution in [2.24, 2.45) is 5.92 Å². The first-order valence-corrected chi connectivity index (χ1v) is 6.70. The Bertz CT molecular complexity index is 350. The number of hydrogen-bond donors (Lipinski definition) is 1. The summed E-state index contributed by atoms with van der Waals surface area (Å²) in [5.41, 5.74) is 1.21. The van der Waals surface area contributed by atoms with E-state index >= 15 is 0 Å². The predicted molar refractivity (Wildman–Crippen MR) is 75.3 cm³/mol. The summed E-state index contributed by atoms with van der Waals surface area (Å²) in [4.78, 5) is 0. The molecule has 0 unspecified atom stereocenters. The number of benzene rings is 1. The zero-order valence-electron chi connectivity index (χ0n) is 12.0. The van der Waals surface area contributed by atoms with Crippen LogP contribution in [0.4, 0.5) is 0 Å². The fraction of sp³-hybridized carbons (Fsp3) is 0.600. The fourth-order valence-corrected chi connectivity index (χ4v) is 1.66. The van der Waals surface area contributed by atoms with Gasteiger partial charge in [-0.2, -0.15) is 0 Å². The maximum atomic E-state index is 5.79. The van der Waals surface area contributed by atoms with Crippen LogP contribution in [0.5, 0.6) is 11.5 Å². The highest BCUT2D eigenvalue weighted by atomic mass is 16.5. The largest absolute Gasteiger partial charge is 0.490 e. The van der Waals surface area contributed by atoms with Crippen LogP contribution in [0.15, 0.2) is 18.2 Å². The van der Waals surface area contributed by atoms with Gasteiger partial charge in [-0.25, -0.2) is 0 Å². The molecule has 0 radical (unpaired) electrons. The second-order valence-corrected chi connectivity index (χ2v) is 4.78. The van der Waals surface area contributed by atoms with Crippen molar-refractivity contribution in [1.29, 1.82) is 0 Å². The van der Waals surface area contributed by atoms with E-state index in [-0.39, 0.29) is 0 Å². The molecule has 0 aromatic heterocycles. The van der Waals surface area contributed by atoms with Gasteiger partial charge in [0.05, 0.1) is 13.2 Å². The summed E-state index contributed by atoms with van der Waals surface area (Å²) < 4.78 is 11.4. The van der Waals surface area contributed by atoms with Crippen molar-refractivity contribution in [1.82, 2.24) is 5.32 Å². The van der Waals surface area contributed by atoms with Crippen molar-refractivity contribution in [2.75, 3.05) is 20.3 Å². The lowest BCUT2D eigenvalue weighted by atomic mass is 10.1. The van der Waals surface area contributed by atoms with E-state index in [0.29, 0.717) is 12.5 Å². The first kappa shape index (κ1) is 14.8. The molecule has 0 saturated carbocycles. The molecule has 1 N–H and O–H groups in total. The van der Waals surface area contributed by atoms with Crippen molar-refractivity contribution in [3.63, 3.8) is 0 Å². The molecule has 0 saturated heterocycles. The summed E-state index contributed by atoms with van der Waals surface area (Å²) >= 11 is 0. The predicted octanol–water partition coefficient (Wildman–Crippen LogP) is 3.23. The number of hydrogen-bond acceptors (Lipinski definition) is 3. The standard InChI is InChI=1S/C15H25NO2/c1-5-17-15-10-13(11-16-4)6-7-14(15)18-9-8-12(2)3/h6-7,10,12,16H,5,8-9,11H2,1-4H3. The van der Waals surface area contributed by atoms with Gasteiger partial charge in [-0.15, -0.1) is 0 Å². The van der Waals surface area contributed by atoms with Crippen LogP contribution >= 0.6 is 0 Å². The molecule has 0 heterocycles. The third-order valence-electron chi connectivity index (χ3n) is 2.64. The maximum Gasteiger partial charge on any atom is 0.161 e. The summed E-state index contributed by atoms with van der Waals surface area (Å²) in [6.07, 6.45) is 1.06. The van der Waals surface area contributed by atoms with Gasteiger partial charge in [-0.3, -0.25) is 0 Å². The highest BCUT2D eigenvalue weighted by Crippen LogP contribution is 2.28. The Morgan fingerprint density at radius 1 is 1.17 bits per heavy atom. The van der Waals surface area contributed by atoms with Crippen LogP contribution < -0.4 is 14.8 Å². The molecule has 0 aliphatic heterocycles. The van der Waals surface area contributed by atoms with E-state index in [1.54, 1.807) is 0 Å². The molecule has 3 heteroatoms. The smallest absolute Gasteiger partial charge is 0.161 e. The van der Waals surface area contributed by atoms with E-state index in [1.165, 1.54) is 5.56 Å². The third-order valence-corrected chi connectivity index (χ3v) is 2.64. The first-order valence-electron chi connectivity index (χ1n) is 6.70. The molecule has 1 aromatic carbocycles. The van der Waals surface area contributed by atoms with E-state index in [1.807, 2.05) is 26.1 Å². The normalized spacial score (nSPS) is 10.7. The Hall–Kier alpha value is -1.22. The van der Waals surface area contributed by atoms with Crippen molar-refractivity contribution in [3.05, 3.63) is 23.8 Å². The maximum absolute atomic E-state index is 5.79. The molecule has 0 fully saturated rings. The zero-order chi connectivity index (χ0) is 13.4. The Morgan fingerprint density at radius 3 is 2.56 bits per heavy atom. The van der Waals surface area contributed by atoms with Crippen LogP contribution in [0.2, 0.25) is 0 Å². The molecule has 0 aliphatic rings. The molecular weight excluding hydrogens is 226 g/mol. The van der Waals surface area contributed by atoms with Crippen LogP contribution in [-0.4, -0.2) is 20.3 Å². The van der Waals surface area contributed by atoms with Crippen LogP contribution in [0.1, 0.15) is 32.8 Å². The van der Waals surface area contributed by atoms with Gasteiger partial charge in [-0.1, -0.05) is 19.9 Å². The van der Waals surface area contributed by atoms with Gasteiger partial charge in [0.25, 0.3) is 0 Å². The topological polar surface area (TPSA) is 30.5 Å². The second kappa shape index (κ2) is 7.98.